The lowest BCUT2D eigenvalue weighted by molar-refractivity contribution is -0.120. The summed E-state index contributed by atoms with van der Waals surface area (Å²) < 4.78 is 5.23. The number of benzene rings is 2. The highest BCUT2D eigenvalue weighted by Gasteiger charge is 2.09. The lowest BCUT2D eigenvalue weighted by Crippen LogP contribution is -2.24. The predicted molar refractivity (Wildman–Crippen MR) is 85.0 cm³/mol. The fourth-order valence-electron chi connectivity index (χ4n) is 1.94. The third-order valence-electron chi connectivity index (χ3n) is 3.03. The second kappa shape index (κ2) is 7.34. The summed E-state index contributed by atoms with van der Waals surface area (Å²) in [5.41, 5.74) is 1.68. The van der Waals surface area contributed by atoms with Crippen LogP contribution in [0.15, 0.2) is 42.5 Å². The van der Waals surface area contributed by atoms with Crippen LogP contribution in [0.3, 0.4) is 0 Å². The van der Waals surface area contributed by atoms with Crippen LogP contribution in [0.1, 0.15) is 11.1 Å². The van der Waals surface area contributed by atoms with Gasteiger partial charge in [-0.25, -0.2) is 0 Å². The maximum atomic E-state index is 12.0. The molecule has 0 atom stereocenters. The summed E-state index contributed by atoms with van der Waals surface area (Å²) in [6.45, 7) is 0.365. The summed E-state index contributed by atoms with van der Waals surface area (Å²) >= 11 is 11.9. The van der Waals surface area contributed by atoms with Gasteiger partial charge in [-0.3, -0.25) is 4.79 Å². The van der Waals surface area contributed by atoms with Crippen LogP contribution in [0, 0.1) is 0 Å². The molecule has 0 aliphatic rings. The monoisotopic (exact) mass is 323 g/mol. The van der Waals surface area contributed by atoms with Crippen molar-refractivity contribution in [1.29, 1.82) is 0 Å². The maximum Gasteiger partial charge on any atom is 0.224 e. The van der Waals surface area contributed by atoms with Crippen LogP contribution < -0.4 is 10.1 Å². The average Bonchev–Trinajstić information content (AvgIpc) is 2.47. The predicted octanol–water partition coefficient (Wildman–Crippen LogP) is 3.86. The van der Waals surface area contributed by atoms with Crippen molar-refractivity contribution in [3.63, 3.8) is 0 Å². The summed E-state index contributed by atoms with van der Waals surface area (Å²) in [5, 5.41) is 3.95. The van der Waals surface area contributed by atoms with Crippen molar-refractivity contribution in [3.05, 3.63) is 63.6 Å². The van der Waals surface area contributed by atoms with Crippen LogP contribution in [0.4, 0.5) is 0 Å². The molecule has 0 aliphatic heterocycles. The van der Waals surface area contributed by atoms with E-state index in [1.807, 2.05) is 24.3 Å². The fourth-order valence-corrected chi connectivity index (χ4v) is 2.42. The first-order valence-corrected chi connectivity index (χ1v) is 7.18. The van der Waals surface area contributed by atoms with Gasteiger partial charge in [0, 0.05) is 22.2 Å². The number of hydrogen-bond donors (Lipinski definition) is 1. The van der Waals surface area contributed by atoms with Gasteiger partial charge in [0.1, 0.15) is 5.75 Å². The molecule has 0 heterocycles. The summed E-state index contributed by atoms with van der Waals surface area (Å²) in [7, 11) is 1.59. The van der Waals surface area contributed by atoms with Crippen molar-refractivity contribution >= 4 is 29.1 Å². The molecule has 0 aromatic heterocycles. The molecule has 0 bridgehead atoms. The van der Waals surface area contributed by atoms with Crippen LogP contribution in [0.25, 0.3) is 0 Å². The lowest BCUT2D eigenvalue weighted by Gasteiger charge is -2.10. The van der Waals surface area contributed by atoms with E-state index in [-0.39, 0.29) is 12.3 Å². The van der Waals surface area contributed by atoms with Gasteiger partial charge in [-0.1, -0.05) is 47.5 Å². The van der Waals surface area contributed by atoms with Crippen LogP contribution in [0.2, 0.25) is 10.0 Å². The number of carbonyl (C=O) groups excluding carboxylic acids is 1. The van der Waals surface area contributed by atoms with E-state index in [0.29, 0.717) is 22.3 Å². The van der Waals surface area contributed by atoms with Gasteiger partial charge in [0.2, 0.25) is 5.91 Å². The molecular formula is C16H15Cl2NO2. The molecule has 5 heteroatoms. The molecule has 2 rings (SSSR count). The van der Waals surface area contributed by atoms with E-state index in [0.717, 1.165) is 11.1 Å². The number of rotatable bonds is 5. The summed E-state index contributed by atoms with van der Waals surface area (Å²) in [6, 6.07) is 12.6. The molecule has 2 aromatic carbocycles. The number of methoxy groups -OCH3 is 1. The van der Waals surface area contributed by atoms with E-state index in [2.05, 4.69) is 5.32 Å². The highest BCUT2D eigenvalue weighted by atomic mass is 35.5. The molecule has 0 fully saturated rings. The van der Waals surface area contributed by atoms with Gasteiger partial charge in [0.25, 0.3) is 0 Å². The Kier molecular flexibility index (Phi) is 5.48. The van der Waals surface area contributed by atoms with Gasteiger partial charge >= 0.3 is 0 Å². The molecule has 0 unspecified atom stereocenters. The van der Waals surface area contributed by atoms with Crippen LogP contribution in [0.5, 0.6) is 5.75 Å². The van der Waals surface area contributed by atoms with E-state index in [4.69, 9.17) is 27.9 Å². The summed E-state index contributed by atoms with van der Waals surface area (Å²) in [4.78, 5) is 12.0. The maximum absolute atomic E-state index is 12.0. The Bertz CT molecular complexity index is 644. The average molecular weight is 324 g/mol. The van der Waals surface area contributed by atoms with E-state index in [1.165, 1.54) is 0 Å². The molecule has 110 valence electrons. The van der Waals surface area contributed by atoms with Crippen molar-refractivity contribution < 1.29 is 9.53 Å². The molecular weight excluding hydrogens is 309 g/mol. The fraction of sp³-hybridized carbons (Fsp3) is 0.188. The molecule has 3 nitrogen and oxygen atoms in total. The number of hydrogen-bond acceptors (Lipinski definition) is 2. The van der Waals surface area contributed by atoms with Crippen LogP contribution in [-0.2, 0) is 17.8 Å². The number of amides is 1. The molecule has 0 saturated heterocycles. The van der Waals surface area contributed by atoms with Crippen molar-refractivity contribution in [2.75, 3.05) is 7.11 Å². The molecule has 2 aromatic rings. The number of ether oxygens (including phenoxy) is 1. The number of carbonyl (C=O) groups is 1. The summed E-state index contributed by atoms with van der Waals surface area (Å²) in [6.07, 6.45) is 0.259. The second-order valence-corrected chi connectivity index (χ2v) is 5.34. The van der Waals surface area contributed by atoms with Crippen molar-refractivity contribution in [1.82, 2.24) is 5.32 Å². The summed E-state index contributed by atoms with van der Waals surface area (Å²) in [5.74, 6) is 0.614. The Morgan fingerprint density at radius 3 is 2.62 bits per heavy atom. The zero-order valence-corrected chi connectivity index (χ0v) is 13.0. The Hall–Kier alpha value is -1.71. The zero-order valence-electron chi connectivity index (χ0n) is 11.5. The van der Waals surface area contributed by atoms with Gasteiger partial charge in [0.05, 0.1) is 13.5 Å². The molecule has 0 saturated carbocycles. The smallest absolute Gasteiger partial charge is 0.224 e. The van der Waals surface area contributed by atoms with Crippen LogP contribution in [-0.4, -0.2) is 13.0 Å². The molecule has 1 amide bonds. The standard InChI is InChI=1S/C16H15Cl2NO2/c1-21-15-5-3-2-4-11(15)8-16(20)19-10-12-6-7-13(17)9-14(12)18/h2-7,9H,8,10H2,1H3,(H,19,20). The Labute approximate surface area is 133 Å². The number of nitrogens with one attached hydrogen (secondary N) is 1. The first kappa shape index (κ1) is 15.7. The molecule has 0 aliphatic carbocycles. The second-order valence-electron chi connectivity index (χ2n) is 4.50. The van der Waals surface area contributed by atoms with E-state index >= 15 is 0 Å². The lowest BCUT2D eigenvalue weighted by atomic mass is 10.1. The quantitative estimate of drug-likeness (QED) is 0.907. The Morgan fingerprint density at radius 2 is 1.90 bits per heavy atom. The van der Waals surface area contributed by atoms with Gasteiger partial charge in [-0.15, -0.1) is 0 Å². The Balaban J connectivity index is 1.96. The molecule has 21 heavy (non-hydrogen) atoms. The normalized spacial score (nSPS) is 10.2. The topological polar surface area (TPSA) is 38.3 Å². The van der Waals surface area contributed by atoms with E-state index < -0.39 is 0 Å². The largest absolute Gasteiger partial charge is 0.496 e. The molecule has 1 N–H and O–H groups in total. The minimum atomic E-state index is -0.0921. The van der Waals surface area contributed by atoms with Crippen molar-refractivity contribution in [2.45, 2.75) is 13.0 Å². The Morgan fingerprint density at radius 1 is 1.14 bits per heavy atom. The SMILES string of the molecule is COc1ccccc1CC(=O)NCc1ccc(Cl)cc1Cl. The van der Waals surface area contributed by atoms with Crippen molar-refractivity contribution in [3.8, 4) is 5.75 Å². The zero-order chi connectivity index (χ0) is 15.2. The number of halogens is 2. The van der Waals surface area contributed by atoms with E-state index in [1.54, 1.807) is 25.3 Å². The first-order valence-electron chi connectivity index (χ1n) is 6.42. The molecule has 0 spiro atoms. The van der Waals surface area contributed by atoms with Crippen molar-refractivity contribution in [2.24, 2.45) is 0 Å². The minimum absolute atomic E-state index is 0.0921. The van der Waals surface area contributed by atoms with Gasteiger partial charge in [0.15, 0.2) is 0 Å². The highest BCUT2D eigenvalue weighted by Crippen LogP contribution is 2.21. The molecule has 0 radical (unpaired) electrons. The third-order valence-corrected chi connectivity index (χ3v) is 3.62. The highest BCUT2D eigenvalue weighted by molar-refractivity contribution is 6.35. The third kappa shape index (κ3) is 4.38. The number of para-hydroxylation sites is 1. The van der Waals surface area contributed by atoms with Gasteiger partial charge in [-0.05, 0) is 23.8 Å². The van der Waals surface area contributed by atoms with Gasteiger partial charge < -0.3 is 10.1 Å². The van der Waals surface area contributed by atoms with Crippen LogP contribution >= 0.6 is 23.2 Å². The minimum Gasteiger partial charge on any atom is -0.496 e. The van der Waals surface area contributed by atoms with E-state index in [9.17, 15) is 4.79 Å². The first-order chi connectivity index (χ1) is 10.1. The van der Waals surface area contributed by atoms with Gasteiger partial charge in [-0.2, -0.15) is 0 Å².